The summed E-state index contributed by atoms with van der Waals surface area (Å²) in [6, 6.07) is 5.92. The fourth-order valence-corrected chi connectivity index (χ4v) is 2.32. The van der Waals surface area contributed by atoms with Gasteiger partial charge in [-0.05, 0) is 43.2 Å². The van der Waals surface area contributed by atoms with Crippen LogP contribution in [0.25, 0.3) is 0 Å². The second kappa shape index (κ2) is 5.09. The van der Waals surface area contributed by atoms with E-state index in [2.05, 4.69) is 19.2 Å². The average molecular weight is 248 g/mol. The highest BCUT2D eigenvalue weighted by molar-refractivity contribution is 5.61. The SMILES string of the molecule is CCOc1cc(NCC2(C(C)C)CC2)ccc1N. The molecule has 0 unspecified atom stereocenters. The topological polar surface area (TPSA) is 47.3 Å². The Morgan fingerprint density at radius 3 is 2.67 bits per heavy atom. The number of rotatable bonds is 6. The summed E-state index contributed by atoms with van der Waals surface area (Å²) in [4.78, 5) is 0. The third kappa shape index (κ3) is 2.71. The van der Waals surface area contributed by atoms with Gasteiger partial charge in [-0.3, -0.25) is 0 Å². The highest BCUT2D eigenvalue weighted by Crippen LogP contribution is 2.51. The van der Waals surface area contributed by atoms with Gasteiger partial charge >= 0.3 is 0 Å². The fraction of sp³-hybridized carbons (Fsp3) is 0.600. The van der Waals surface area contributed by atoms with Crippen LogP contribution < -0.4 is 15.8 Å². The van der Waals surface area contributed by atoms with Crippen LogP contribution in [0.2, 0.25) is 0 Å². The predicted molar refractivity (Wildman–Crippen MR) is 77.0 cm³/mol. The van der Waals surface area contributed by atoms with E-state index in [1.807, 2.05) is 25.1 Å². The van der Waals surface area contributed by atoms with Crippen molar-refractivity contribution in [3.8, 4) is 5.75 Å². The molecule has 1 aliphatic rings. The summed E-state index contributed by atoms with van der Waals surface area (Å²) in [5, 5.41) is 3.52. The molecule has 0 atom stereocenters. The van der Waals surface area contributed by atoms with E-state index in [1.165, 1.54) is 12.8 Å². The number of anilines is 2. The lowest BCUT2D eigenvalue weighted by Gasteiger charge is -2.21. The van der Waals surface area contributed by atoms with Gasteiger partial charge < -0.3 is 15.8 Å². The summed E-state index contributed by atoms with van der Waals surface area (Å²) in [5.41, 5.74) is 8.17. The number of nitrogens with two attached hydrogens (primary N) is 1. The van der Waals surface area contributed by atoms with Gasteiger partial charge in [-0.2, -0.15) is 0 Å². The maximum Gasteiger partial charge on any atom is 0.144 e. The molecule has 0 radical (unpaired) electrons. The summed E-state index contributed by atoms with van der Waals surface area (Å²) < 4.78 is 5.51. The second-order valence-electron chi connectivity index (χ2n) is 5.56. The Labute approximate surface area is 110 Å². The quantitative estimate of drug-likeness (QED) is 0.757. The Morgan fingerprint density at radius 2 is 2.11 bits per heavy atom. The Bertz CT molecular complexity index is 411. The zero-order valence-electron chi connectivity index (χ0n) is 11.6. The molecule has 0 bridgehead atoms. The molecule has 1 aromatic carbocycles. The molecule has 0 aromatic heterocycles. The van der Waals surface area contributed by atoms with Crippen LogP contribution in [0.1, 0.15) is 33.6 Å². The Hall–Kier alpha value is -1.38. The number of ether oxygens (including phenoxy) is 1. The lowest BCUT2D eigenvalue weighted by atomic mass is 9.92. The van der Waals surface area contributed by atoms with Gasteiger partial charge in [0.1, 0.15) is 5.75 Å². The number of nitrogens with one attached hydrogen (secondary N) is 1. The lowest BCUT2D eigenvalue weighted by Crippen LogP contribution is -2.20. The van der Waals surface area contributed by atoms with Crippen LogP contribution in [0, 0.1) is 11.3 Å². The normalized spacial score (nSPS) is 16.7. The van der Waals surface area contributed by atoms with Crippen molar-refractivity contribution in [3.63, 3.8) is 0 Å². The molecule has 3 N–H and O–H groups in total. The van der Waals surface area contributed by atoms with E-state index in [0.717, 1.165) is 23.9 Å². The Morgan fingerprint density at radius 1 is 1.39 bits per heavy atom. The monoisotopic (exact) mass is 248 g/mol. The van der Waals surface area contributed by atoms with E-state index < -0.39 is 0 Å². The molecule has 18 heavy (non-hydrogen) atoms. The Balaban J connectivity index is 1.99. The largest absolute Gasteiger partial charge is 0.492 e. The summed E-state index contributed by atoms with van der Waals surface area (Å²) in [6.07, 6.45) is 2.68. The Kier molecular flexibility index (Phi) is 3.69. The molecule has 0 aliphatic heterocycles. The number of hydrogen-bond acceptors (Lipinski definition) is 3. The van der Waals surface area contributed by atoms with Crippen LogP contribution in [-0.2, 0) is 0 Å². The first-order valence-electron chi connectivity index (χ1n) is 6.83. The number of hydrogen-bond donors (Lipinski definition) is 2. The van der Waals surface area contributed by atoms with E-state index in [1.54, 1.807) is 0 Å². The molecule has 3 nitrogen and oxygen atoms in total. The van der Waals surface area contributed by atoms with Crippen LogP contribution in [0.3, 0.4) is 0 Å². The summed E-state index contributed by atoms with van der Waals surface area (Å²) in [6.45, 7) is 8.27. The molecule has 0 heterocycles. The molecule has 2 rings (SSSR count). The highest BCUT2D eigenvalue weighted by Gasteiger charge is 2.44. The zero-order valence-corrected chi connectivity index (χ0v) is 11.6. The first-order valence-corrected chi connectivity index (χ1v) is 6.83. The highest BCUT2D eigenvalue weighted by atomic mass is 16.5. The van der Waals surface area contributed by atoms with Gasteiger partial charge in [0.25, 0.3) is 0 Å². The molecule has 100 valence electrons. The number of benzene rings is 1. The molecule has 1 fully saturated rings. The minimum absolute atomic E-state index is 0.507. The first kappa shape index (κ1) is 13.1. The third-order valence-electron chi connectivity index (χ3n) is 4.07. The standard InChI is InChI=1S/C15H24N2O/c1-4-18-14-9-12(5-6-13(14)16)17-10-15(7-8-15)11(2)3/h5-6,9,11,17H,4,7-8,10,16H2,1-3H3. The molecule has 3 heteroatoms. The van der Waals surface area contributed by atoms with E-state index in [4.69, 9.17) is 10.5 Å². The van der Waals surface area contributed by atoms with Gasteiger partial charge in [0, 0.05) is 18.3 Å². The molecule has 1 aliphatic carbocycles. The van der Waals surface area contributed by atoms with E-state index in [9.17, 15) is 0 Å². The van der Waals surface area contributed by atoms with Crippen molar-refractivity contribution in [2.75, 3.05) is 24.2 Å². The maximum atomic E-state index is 5.87. The van der Waals surface area contributed by atoms with Crippen molar-refractivity contribution in [1.82, 2.24) is 0 Å². The predicted octanol–water partition coefficient (Wildman–Crippen LogP) is 3.52. The third-order valence-corrected chi connectivity index (χ3v) is 4.07. The van der Waals surface area contributed by atoms with Crippen LogP contribution >= 0.6 is 0 Å². The first-order chi connectivity index (χ1) is 8.57. The summed E-state index contributed by atoms with van der Waals surface area (Å²) in [5.74, 6) is 1.52. The zero-order chi connectivity index (χ0) is 13.2. The van der Waals surface area contributed by atoms with Crippen molar-refractivity contribution >= 4 is 11.4 Å². The molecule has 0 amide bonds. The average Bonchev–Trinajstić information content (AvgIpc) is 3.12. The maximum absolute atomic E-state index is 5.87. The minimum Gasteiger partial charge on any atom is -0.492 e. The van der Waals surface area contributed by atoms with Crippen LogP contribution in [0.5, 0.6) is 5.75 Å². The van der Waals surface area contributed by atoms with Gasteiger partial charge in [0.05, 0.1) is 12.3 Å². The van der Waals surface area contributed by atoms with Crippen LogP contribution in [0.4, 0.5) is 11.4 Å². The van der Waals surface area contributed by atoms with Crippen LogP contribution in [0.15, 0.2) is 18.2 Å². The van der Waals surface area contributed by atoms with Crippen LogP contribution in [-0.4, -0.2) is 13.2 Å². The van der Waals surface area contributed by atoms with Crippen molar-refractivity contribution in [3.05, 3.63) is 18.2 Å². The second-order valence-corrected chi connectivity index (χ2v) is 5.56. The molecular formula is C15H24N2O. The minimum atomic E-state index is 0.507. The molecule has 0 spiro atoms. The molecule has 1 saturated carbocycles. The molecular weight excluding hydrogens is 224 g/mol. The smallest absolute Gasteiger partial charge is 0.144 e. The lowest BCUT2D eigenvalue weighted by molar-refractivity contribution is 0.342. The van der Waals surface area contributed by atoms with Gasteiger partial charge in [-0.25, -0.2) is 0 Å². The molecule has 0 saturated heterocycles. The van der Waals surface area contributed by atoms with Gasteiger partial charge in [0.15, 0.2) is 0 Å². The van der Waals surface area contributed by atoms with E-state index in [0.29, 0.717) is 17.7 Å². The van der Waals surface area contributed by atoms with Crippen molar-refractivity contribution in [2.24, 2.45) is 11.3 Å². The summed E-state index contributed by atoms with van der Waals surface area (Å²) in [7, 11) is 0. The van der Waals surface area contributed by atoms with Crippen molar-refractivity contribution in [1.29, 1.82) is 0 Å². The van der Waals surface area contributed by atoms with E-state index >= 15 is 0 Å². The summed E-state index contributed by atoms with van der Waals surface area (Å²) >= 11 is 0. The van der Waals surface area contributed by atoms with Gasteiger partial charge in [-0.15, -0.1) is 0 Å². The number of nitrogen functional groups attached to an aromatic ring is 1. The molecule has 1 aromatic rings. The van der Waals surface area contributed by atoms with Gasteiger partial charge in [0.2, 0.25) is 0 Å². The van der Waals surface area contributed by atoms with E-state index in [-0.39, 0.29) is 0 Å². The van der Waals surface area contributed by atoms with Crippen molar-refractivity contribution < 1.29 is 4.74 Å². The van der Waals surface area contributed by atoms with Crippen molar-refractivity contribution in [2.45, 2.75) is 33.6 Å². The van der Waals surface area contributed by atoms with Gasteiger partial charge in [-0.1, -0.05) is 13.8 Å². The fourth-order valence-electron chi connectivity index (χ4n) is 2.32.